The summed E-state index contributed by atoms with van der Waals surface area (Å²) in [6.45, 7) is 0.176. The fourth-order valence-corrected chi connectivity index (χ4v) is 4.41. The van der Waals surface area contributed by atoms with Crippen LogP contribution < -0.4 is 4.72 Å². The smallest absolute Gasteiger partial charge is 0.241 e. The van der Waals surface area contributed by atoms with Gasteiger partial charge in [0.25, 0.3) is 0 Å². The van der Waals surface area contributed by atoms with E-state index in [9.17, 15) is 17.6 Å². The largest absolute Gasteiger partial charge is 0.340 e. The van der Waals surface area contributed by atoms with Gasteiger partial charge in [-0.1, -0.05) is 23.7 Å². The van der Waals surface area contributed by atoms with Gasteiger partial charge in [0.05, 0.1) is 4.90 Å². The maximum absolute atomic E-state index is 13.4. The molecule has 0 aliphatic rings. The van der Waals surface area contributed by atoms with Crippen LogP contribution in [0, 0.1) is 5.82 Å². The van der Waals surface area contributed by atoms with Crippen LogP contribution in [0.2, 0.25) is 5.02 Å². The molecule has 2 rings (SSSR count). The highest BCUT2D eigenvalue weighted by atomic mass is 35.5. The lowest BCUT2D eigenvalue weighted by molar-refractivity contribution is -0.132. The predicted octanol–water partition coefficient (Wildman–Crippen LogP) is 3.54. The Labute approximate surface area is 174 Å². The van der Waals surface area contributed by atoms with E-state index in [2.05, 4.69) is 4.72 Å². The van der Waals surface area contributed by atoms with E-state index in [-0.39, 0.29) is 23.2 Å². The normalized spacial score (nSPS) is 12.6. The molecule has 0 aliphatic carbocycles. The monoisotopic (exact) mass is 444 g/mol. The second-order valence-electron chi connectivity index (χ2n) is 6.23. The number of carbonyl (C=O) groups is 1. The Bertz CT molecular complexity index is 908. The van der Waals surface area contributed by atoms with Gasteiger partial charge in [0.1, 0.15) is 11.9 Å². The Morgan fingerprint density at radius 3 is 2.54 bits per heavy atom. The number of hydrogen-bond donors (Lipinski definition) is 1. The van der Waals surface area contributed by atoms with Crippen molar-refractivity contribution in [3.63, 3.8) is 0 Å². The molecule has 1 N–H and O–H groups in total. The van der Waals surface area contributed by atoms with Crippen molar-refractivity contribution in [2.75, 3.05) is 19.1 Å². The number of nitrogens with one attached hydrogen (secondary N) is 1. The summed E-state index contributed by atoms with van der Waals surface area (Å²) >= 11 is 7.33. The Morgan fingerprint density at radius 1 is 1.25 bits per heavy atom. The van der Waals surface area contributed by atoms with Crippen molar-refractivity contribution >= 4 is 39.3 Å². The van der Waals surface area contributed by atoms with Gasteiger partial charge in [0.2, 0.25) is 15.9 Å². The van der Waals surface area contributed by atoms with Crippen molar-refractivity contribution in [3.05, 3.63) is 64.9 Å². The quantitative estimate of drug-likeness (QED) is 0.642. The molecule has 1 unspecified atom stereocenters. The number of carbonyl (C=O) groups excluding carboxylic acids is 1. The molecular formula is C19H22ClFN2O3S2. The number of halogens is 2. The zero-order valence-electron chi connectivity index (χ0n) is 15.6. The summed E-state index contributed by atoms with van der Waals surface area (Å²) in [4.78, 5) is 14.3. The molecule has 0 aliphatic heterocycles. The van der Waals surface area contributed by atoms with Gasteiger partial charge in [0, 0.05) is 18.6 Å². The molecule has 0 aromatic heterocycles. The summed E-state index contributed by atoms with van der Waals surface area (Å²) in [6.07, 6.45) is 2.21. The van der Waals surface area contributed by atoms with Gasteiger partial charge < -0.3 is 4.90 Å². The van der Waals surface area contributed by atoms with E-state index in [1.54, 1.807) is 19.2 Å². The standard InChI is InChI=1S/C19H22ClFN2O3S2/c1-23(13-14-4-3-5-16(21)12-14)19(24)18(10-11-27-2)22-28(25,26)17-8-6-15(20)7-9-17/h3-9,12,18,22H,10-11,13H2,1-2H3. The molecule has 0 bridgehead atoms. The van der Waals surface area contributed by atoms with Crippen LogP contribution in [0.3, 0.4) is 0 Å². The highest BCUT2D eigenvalue weighted by Gasteiger charge is 2.27. The maximum Gasteiger partial charge on any atom is 0.241 e. The Balaban J connectivity index is 2.16. The molecule has 152 valence electrons. The fraction of sp³-hybridized carbons (Fsp3) is 0.316. The summed E-state index contributed by atoms with van der Waals surface area (Å²) in [5, 5.41) is 0.420. The lowest BCUT2D eigenvalue weighted by atomic mass is 10.1. The van der Waals surface area contributed by atoms with Crippen LogP contribution in [-0.4, -0.2) is 44.3 Å². The van der Waals surface area contributed by atoms with E-state index in [0.717, 1.165) is 0 Å². The number of sulfonamides is 1. The average Bonchev–Trinajstić information content (AvgIpc) is 2.64. The molecule has 0 fully saturated rings. The number of thioether (sulfide) groups is 1. The maximum atomic E-state index is 13.4. The summed E-state index contributed by atoms with van der Waals surface area (Å²) in [5.74, 6) is -0.163. The summed E-state index contributed by atoms with van der Waals surface area (Å²) in [7, 11) is -2.32. The lowest BCUT2D eigenvalue weighted by Gasteiger charge is -2.24. The second-order valence-corrected chi connectivity index (χ2v) is 9.37. The number of likely N-dealkylation sites (N-methyl/N-ethyl adjacent to an activating group) is 1. The molecule has 0 heterocycles. The van der Waals surface area contributed by atoms with Crippen molar-refractivity contribution in [2.45, 2.75) is 23.9 Å². The van der Waals surface area contributed by atoms with Crippen LogP contribution in [-0.2, 0) is 21.4 Å². The van der Waals surface area contributed by atoms with Crippen LogP contribution >= 0.6 is 23.4 Å². The number of amides is 1. The van der Waals surface area contributed by atoms with Crippen molar-refractivity contribution in [3.8, 4) is 0 Å². The Morgan fingerprint density at radius 2 is 1.93 bits per heavy atom. The molecule has 0 spiro atoms. The first-order chi connectivity index (χ1) is 13.2. The minimum atomic E-state index is -3.89. The topological polar surface area (TPSA) is 66.5 Å². The Hall–Kier alpha value is -1.61. The molecule has 2 aromatic carbocycles. The van der Waals surface area contributed by atoms with Gasteiger partial charge in [0.15, 0.2) is 0 Å². The van der Waals surface area contributed by atoms with E-state index in [0.29, 0.717) is 22.8 Å². The van der Waals surface area contributed by atoms with Gasteiger partial charge >= 0.3 is 0 Å². The molecule has 1 atom stereocenters. The molecule has 0 saturated carbocycles. The van der Waals surface area contributed by atoms with Crippen LogP contribution in [0.4, 0.5) is 4.39 Å². The highest BCUT2D eigenvalue weighted by Crippen LogP contribution is 2.16. The van der Waals surface area contributed by atoms with Crippen molar-refractivity contribution < 1.29 is 17.6 Å². The van der Waals surface area contributed by atoms with Gasteiger partial charge in [-0.2, -0.15) is 16.5 Å². The van der Waals surface area contributed by atoms with E-state index in [1.165, 1.54) is 53.1 Å². The van der Waals surface area contributed by atoms with Crippen LogP contribution in [0.1, 0.15) is 12.0 Å². The fourth-order valence-electron chi connectivity index (χ4n) is 2.59. The van der Waals surface area contributed by atoms with E-state index >= 15 is 0 Å². The zero-order chi connectivity index (χ0) is 20.7. The third-order valence-electron chi connectivity index (χ3n) is 4.02. The van der Waals surface area contributed by atoms with E-state index in [1.807, 2.05) is 6.26 Å². The average molecular weight is 445 g/mol. The molecular weight excluding hydrogens is 423 g/mol. The predicted molar refractivity (Wildman–Crippen MR) is 111 cm³/mol. The molecule has 0 radical (unpaired) electrons. The number of rotatable bonds is 9. The summed E-state index contributed by atoms with van der Waals surface area (Å²) < 4.78 is 41.2. The Kier molecular flexibility index (Phi) is 8.30. The van der Waals surface area contributed by atoms with Crippen molar-refractivity contribution in [1.29, 1.82) is 0 Å². The zero-order valence-corrected chi connectivity index (χ0v) is 18.0. The SMILES string of the molecule is CSCCC(NS(=O)(=O)c1ccc(Cl)cc1)C(=O)N(C)Cc1cccc(F)c1. The first kappa shape index (κ1) is 22.7. The van der Waals surface area contributed by atoms with Crippen LogP contribution in [0.15, 0.2) is 53.4 Å². The summed E-state index contributed by atoms with van der Waals surface area (Å²) in [6, 6.07) is 10.8. The third-order valence-corrected chi connectivity index (χ3v) is 6.40. The van der Waals surface area contributed by atoms with Crippen LogP contribution in [0.5, 0.6) is 0 Å². The van der Waals surface area contributed by atoms with Gasteiger partial charge in [-0.15, -0.1) is 0 Å². The minimum absolute atomic E-state index is 0.0339. The number of hydrogen-bond acceptors (Lipinski definition) is 4. The molecule has 5 nitrogen and oxygen atoms in total. The lowest BCUT2D eigenvalue weighted by Crippen LogP contribution is -2.47. The molecule has 2 aromatic rings. The second kappa shape index (κ2) is 10.2. The van der Waals surface area contributed by atoms with Crippen molar-refractivity contribution in [2.24, 2.45) is 0 Å². The van der Waals surface area contributed by atoms with Crippen LogP contribution in [0.25, 0.3) is 0 Å². The number of benzene rings is 2. The van der Waals surface area contributed by atoms with Gasteiger partial charge in [-0.3, -0.25) is 4.79 Å². The third kappa shape index (κ3) is 6.48. The molecule has 28 heavy (non-hydrogen) atoms. The first-order valence-electron chi connectivity index (χ1n) is 8.49. The minimum Gasteiger partial charge on any atom is -0.340 e. The van der Waals surface area contributed by atoms with Gasteiger partial charge in [-0.25, -0.2) is 12.8 Å². The number of nitrogens with zero attached hydrogens (tertiary/aromatic N) is 1. The van der Waals surface area contributed by atoms with E-state index < -0.39 is 16.1 Å². The summed E-state index contributed by atoms with van der Waals surface area (Å²) in [5.41, 5.74) is 0.625. The van der Waals surface area contributed by atoms with E-state index in [4.69, 9.17) is 11.6 Å². The van der Waals surface area contributed by atoms with Crippen molar-refractivity contribution in [1.82, 2.24) is 9.62 Å². The molecule has 0 saturated heterocycles. The first-order valence-corrected chi connectivity index (χ1v) is 11.7. The highest BCUT2D eigenvalue weighted by molar-refractivity contribution is 7.98. The van der Waals surface area contributed by atoms with Gasteiger partial charge in [-0.05, 0) is 60.4 Å². The molecule has 9 heteroatoms. The molecule has 1 amide bonds.